The highest BCUT2D eigenvalue weighted by atomic mass is 16.6. The number of allylic oxidation sites excluding steroid dienone is 12. The summed E-state index contributed by atoms with van der Waals surface area (Å²) in [7, 11) is 0. The highest BCUT2D eigenvalue weighted by Gasteiger charge is 2.19. The summed E-state index contributed by atoms with van der Waals surface area (Å²) >= 11 is 0. The number of esters is 3. The lowest BCUT2D eigenvalue weighted by Crippen LogP contribution is -2.30. The van der Waals surface area contributed by atoms with E-state index in [1.807, 2.05) is 0 Å². The molecule has 6 nitrogen and oxygen atoms in total. The Morgan fingerprint density at radius 2 is 0.548 bits per heavy atom. The SMILES string of the molecule is CC/C=C\C/C=C\C/C=C\C/C=C\C/C=C\CCCC(=O)OCC(COC(=O)CCCCCCCCCCC/C=C\CCCCCCCC)OC(=O)CCCCCCCCCCCCCCCCCCCCC. The lowest BCUT2D eigenvalue weighted by Gasteiger charge is -2.18. The molecule has 0 spiro atoms. The van der Waals surface area contributed by atoms with Gasteiger partial charge in [0.15, 0.2) is 6.10 Å². The number of unbranched alkanes of at least 4 members (excludes halogenated alkanes) is 34. The molecule has 0 aromatic carbocycles. The molecule has 0 bridgehead atoms. The average Bonchev–Trinajstić information content (AvgIpc) is 3.39. The molecule has 6 heteroatoms. The molecule has 0 fully saturated rings. The minimum absolute atomic E-state index is 0.0913. The molecule has 0 radical (unpaired) electrons. The fourth-order valence-corrected chi connectivity index (χ4v) is 9.00. The van der Waals surface area contributed by atoms with E-state index in [1.54, 1.807) is 0 Å². The van der Waals surface area contributed by atoms with Crippen LogP contribution < -0.4 is 0 Å². The molecule has 1 atom stereocenters. The van der Waals surface area contributed by atoms with E-state index >= 15 is 0 Å². The zero-order chi connectivity index (χ0) is 52.9. The van der Waals surface area contributed by atoms with Crippen molar-refractivity contribution in [2.75, 3.05) is 13.2 Å². The standard InChI is InChI=1S/C67H118O6/c1-4-7-10-13-16-19-22-25-28-31-33-36-39-42-45-48-51-54-57-60-66(69)72-63-64(62-71-65(68)59-56-53-50-47-44-41-38-35-30-27-24-21-18-15-12-9-6-3)73-67(70)61-58-55-52-49-46-43-40-37-34-32-29-26-23-20-17-14-11-8-5-2/h9,12,18,21,25,27-28,30,38,41,47,50,64H,4-8,10-11,13-17,19-20,22-24,26,29,31-37,39-40,42-46,48-49,51-63H2,1-3H3/b12-9-,21-18-,28-25-,30-27-,41-38-,50-47-. The summed E-state index contributed by atoms with van der Waals surface area (Å²) in [6.07, 6.45) is 79.1. The van der Waals surface area contributed by atoms with E-state index in [0.717, 1.165) is 77.0 Å². The maximum atomic E-state index is 12.9. The fraction of sp³-hybridized carbons (Fsp3) is 0.776. The zero-order valence-corrected chi connectivity index (χ0v) is 48.4. The van der Waals surface area contributed by atoms with Gasteiger partial charge in [0.05, 0.1) is 0 Å². The lowest BCUT2D eigenvalue weighted by atomic mass is 10.0. The normalized spacial score (nSPS) is 12.5. The van der Waals surface area contributed by atoms with Gasteiger partial charge in [0.25, 0.3) is 0 Å². The summed E-state index contributed by atoms with van der Waals surface area (Å²) in [6, 6.07) is 0. The predicted octanol–water partition coefficient (Wildman–Crippen LogP) is 21.3. The quantitative estimate of drug-likeness (QED) is 0.0261. The Kier molecular flexibility index (Phi) is 58.7. The molecule has 422 valence electrons. The van der Waals surface area contributed by atoms with Gasteiger partial charge >= 0.3 is 17.9 Å². The number of ether oxygens (including phenoxy) is 3. The minimum atomic E-state index is -0.798. The lowest BCUT2D eigenvalue weighted by molar-refractivity contribution is -0.167. The van der Waals surface area contributed by atoms with Crippen LogP contribution in [0.25, 0.3) is 0 Å². The third kappa shape index (κ3) is 59.6. The maximum absolute atomic E-state index is 12.9. The summed E-state index contributed by atoms with van der Waals surface area (Å²) in [5.74, 6) is -0.938. The largest absolute Gasteiger partial charge is 0.462 e. The van der Waals surface area contributed by atoms with Gasteiger partial charge in [-0.3, -0.25) is 14.4 Å². The number of rotatable bonds is 57. The molecule has 0 aliphatic carbocycles. The monoisotopic (exact) mass is 1020 g/mol. The molecule has 1 unspecified atom stereocenters. The second-order valence-electron chi connectivity index (χ2n) is 20.9. The van der Waals surface area contributed by atoms with Crippen LogP contribution >= 0.6 is 0 Å². The maximum Gasteiger partial charge on any atom is 0.306 e. The summed E-state index contributed by atoms with van der Waals surface area (Å²) in [4.78, 5) is 38.3. The Morgan fingerprint density at radius 3 is 0.904 bits per heavy atom. The van der Waals surface area contributed by atoms with E-state index in [9.17, 15) is 14.4 Å². The Labute approximate surface area is 453 Å². The van der Waals surface area contributed by atoms with Gasteiger partial charge in [0.1, 0.15) is 13.2 Å². The third-order valence-corrected chi connectivity index (χ3v) is 13.7. The first-order chi connectivity index (χ1) is 36.0. The van der Waals surface area contributed by atoms with Gasteiger partial charge in [0, 0.05) is 19.3 Å². The molecule has 0 N–H and O–H groups in total. The first-order valence-electron chi connectivity index (χ1n) is 31.4. The van der Waals surface area contributed by atoms with Crippen molar-refractivity contribution in [3.63, 3.8) is 0 Å². The van der Waals surface area contributed by atoms with Gasteiger partial charge < -0.3 is 14.2 Å². The van der Waals surface area contributed by atoms with E-state index in [1.165, 1.54) is 193 Å². The van der Waals surface area contributed by atoms with Gasteiger partial charge in [-0.15, -0.1) is 0 Å². The topological polar surface area (TPSA) is 78.9 Å². The Hall–Kier alpha value is -3.15. The van der Waals surface area contributed by atoms with Gasteiger partial charge in [0.2, 0.25) is 0 Å². The van der Waals surface area contributed by atoms with Crippen molar-refractivity contribution in [2.45, 2.75) is 322 Å². The van der Waals surface area contributed by atoms with Crippen LogP contribution in [-0.2, 0) is 28.6 Å². The Morgan fingerprint density at radius 1 is 0.288 bits per heavy atom. The van der Waals surface area contributed by atoms with Crippen molar-refractivity contribution in [3.8, 4) is 0 Å². The predicted molar refractivity (Wildman–Crippen MR) is 316 cm³/mol. The first-order valence-corrected chi connectivity index (χ1v) is 31.4. The molecule has 0 aliphatic heterocycles. The smallest absolute Gasteiger partial charge is 0.306 e. The van der Waals surface area contributed by atoms with Crippen molar-refractivity contribution in [2.24, 2.45) is 0 Å². The van der Waals surface area contributed by atoms with Crippen LogP contribution in [0.15, 0.2) is 72.9 Å². The van der Waals surface area contributed by atoms with Gasteiger partial charge in [-0.25, -0.2) is 0 Å². The number of hydrogen-bond donors (Lipinski definition) is 0. The van der Waals surface area contributed by atoms with Crippen LogP contribution in [0, 0.1) is 0 Å². The number of hydrogen-bond acceptors (Lipinski definition) is 6. The van der Waals surface area contributed by atoms with Crippen LogP contribution in [0.2, 0.25) is 0 Å². The van der Waals surface area contributed by atoms with E-state index in [-0.39, 0.29) is 37.5 Å². The minimum Gasteiger partial charge on any atom is -0.462 e. The molecular weight excluding hydrogens is 901 g/mol. The molecule has 0 aromatic heterocycles. The molecule has 0 saturated carbocycles. The molecule has 0 amide bonds. The second kappa shape index (κ2) is 61.4. The van der Waals surface area contributed by atoms with Gasteiger partial charge in [-0.05, 0) is 83.5 Å². The zero-order valence-electron chi connectivity index (χ0n) is 48.4. The molecule has 0 aromatic rings. The van der Waals surface area contributed by atoms with E-state index in [4.69, 9.17) is 14.2 Å². The van der Waals surface area contributed by atoms with Crippen LogP contribution in [-0.4, -0.2) is 37.2 Å². The fourth-order valence-electron chi connectivity index (χ4n) is 9.00. The van der Waals surface area contributed by atoms with Gasteiger partial charge in [-0.2, -0.15) is 0 Å². The van der Waals surface area contributed by atoms with Crippen molar-refractivity contribution >= 4 is 17.9 Å². The number of carbonyl (C=O) groups is 3. The molecule has 0 aliphatic rings. The van der Waals surface area contributed by atoms with Crippen molar-refractivity contribution < 1.29 is 28.6 Å². The highest BCUT2D eigenvalue weighted by Crippen LogP contribution is 2.17. The van der Waals surface area contributed by atoms with E-state index in [2.05, 4.69) is 93.7 Å². The van der Waals surface area contributed by atoms with E-state index < -0.39 is 6.10 Å². The van der Waals surface area contributed by atoms with Crippen LogP contribution in [0.3, 0.4) is 0 Å². The summed E-state index contributed by atoms with van der Waals surface area (Å²) in [6.45, 7) is 6.52. The summed E-state index contributed by atoms with van der Waals surface area (Å²) < 4.78 is 16.9. The van der Waals surface area contributed by atoms with Crippen molar-refractivity contribution in [1.82, 2.24) is 0 Å². The second-order valence-corrected chi connectivity index (χ2v) is 20.9. The van der Waals surface area contributed by atoms with Gasteiger partial charge in [-0.1, -0.05) is 286 Å². The molecular formula is C67H118O6. The van der Waals surface area contributed by atoms with Crippen LogP contribution in [0.4, 0.5) is 0 Å². The third-order valence-electron chi connectivity index (χ3n) is 13.7. The Bertz CT molecular complexity index is 1360. The number of carbonyl (C=O) groups excluding carboxylic acids is 3. The van der Waals surface area contributed by atoms with E-state index in [0.29, 0.717) is 19.3 Å². The summed E-state index contributed by atoms with van der Waals surface area (Å²) in [5, 5.41) is 0. The molecule has 0 rings (SSSR count). The summed E-state index contributed by atoms with van der Waals surface area (Å²) in [5.41, 5.74) is 0. The van der Waals surface area contributed by atoms with Crippen molar-refractivity contribution in [1.29, 1.82) is 0 Å². The molecule has 0 saturated heterocycles. The Balaban J connectivity index is 4.42. The first kappa shape index (κ1) is 69.8. The molecule has 73 heavy (non-hydrogen) atoms. The van der Waals surface area contributed by atoms with Crippen LogP contribution in [0.1, 0.15) is 316 Å². The van der Waals surface area contributed by atoms with Crippen molar-refractivity contribution in [3.05, 3.63) is 72.9 Å². The average molecular weight is 1020 g/mol. The molecule has 0 heterocycles. The van der Waals surface area contributed by atoms with Crippen LogP contribution in [0.5, 0.6) is 0 Å². The highest BCUT2D eigenvalue weighted by molar-refractivity contribution is 5.71.